The van der Waals surface area contributed by atoms with E-state index in [9.17, 15) is 0 Å². The lowest BCUT2D eigenvalue weighted by Gasteiger charge is -2.14. The summed E-state index contributed by atoms with van der Waals surface area (Å²) in [4.78, 5) is 0. The lowest BCUT2D eigenvalue weighted by Crippen LogP contribution is -1.94. The number of benzene rings is 4. The van der Waals surface area contributed by atoms with Gasteiger partial charge in [-0.25, -0.2) is 0 Å². The zero-order valence-electron chi connectivity index (χ0n) is 14.3. The van der Waals surface area contributed by atoms with E-state index in [-0.39, 0.29) is 0 Å². The van der Waals surface area contributed by atoms with E-state index in [1.165, 1.54) is 27.3 Å². The van der Waals surface area contributed by atoms with Crippen molar-refractivity contribution in [1.82, 2.24) is 0 Å². The smallest absolute Gasteiger partial charge is 0.134 e. The van der Waals surface area contributed by atoms with E-state index in [4.69, 9.17) is 4.74 Å². The van der Waals surface area contributed by atoms with Crippen molar-refractivity contribution in [1.29, 1.82) is 0 Å². The van der Waals surface area contributed by atoms with E-state index in [1.54, 1.807) is 7.11 Å². The third-order valence-electron chi connectivity index (χ3n) is 4.74. The standard InChI is InChI=1S/C24H20O/c1-3-17-11-13-18(14-12-17)15-20-8-6-9-21-16-19-7-4-5-10-22(19)24(25-2)23(20)21/h3-14,16H,1,15H2,2H3. The fourth-order valence-electron chi connectivity index (χ4n) is 3.50. The molecule has 0 unspecified atom stereocenters. The van der Waals surface area contributed by atoms with Crippen molar-refractivity contribution in [3.63, 3.8) is 0 Å². The van der Waals surface area contributed by atoms with Gasteiger partial charge in [-0.15, -0.1) is 0 Å². The second kappa shape index (κ2) is 6.45. The lowest BCUT2D eigenvalue weighted by molar-refractivity contribution is 0.424. The largest absolute Gasteiger partial charge is 0.495 e. The fraction of sp³-hybridized carbons (Fsp3) is 0.0833. The molecule has 4 aromatic carbocycles. The highest BCUT2D eigenvalue weighted by atomic mass is 16.5. The van der Waals surface area contributed by atoms with Crippen LogP contribution < -0.4 is 4.74 Å². The molecule has 4 aromatic rings. The Balaban J connectivity index is 1.91. The molecule has 4 rings (SSSR count). The van der Waals surface area contributed by atoms with Crippen LogP contribution in [0.2, 0.25) is 0 Å². The normalized spacial score (nSPS) is 10.9. The Bertz CT molecular complexity index is 1060. The van der Waals surface area contributed by atoms with Gasteiger partial charge in [-0.2, -0.15) is 0 Å². The first-order valence-corrected chi connectivity index (χ1v) is 8.49. The topological polar surface area (TPSA) is 9.23 Å². The van der Waals surface area contributed by atoms with Crippen LogP contribution in [-0.2, 0) is 6.42 Å². The van der Waals surface area contributed by atoms with Gasteiger partial charge in [-0.05, 0) is 39.9 Å². The van der Waals surface area contributed by atoms with Crippen molar-refractivity contribution in [3.8, 4) is 5.75 Å². The Morgan fingerprint density at radius 3 is 2.40 bits per heavy atom. The molecule has 0 aliphatic heterocycles. The van der Waals surface area contributed by atoms with Gasteiger partial charge >= 0.3 is 0 Å². The summed E-state index contributed by atoms with van der Waals surface area (Å²) in [7, 11) is 1.76. The molecule has 0 fully saturated rings. The first-order valence-electron chi connectivity index (χ1n) is 8.49. The van der Waals surface area contributed by atoms with Crippen molar-refractivity contribution >= 4 is 27.6 Å². The maximum absolute atomic E-state index is 5.84. The Morgan fingerprint density at radius 2 is 1.64 bits per heavy atom. The van der Waals surface area contributed by atoms with Crippen LogP contribution in [0, 0.1) is 0 Å². The Hall–Kier alpha value is -3.06. The Kier molecular flexibility index (Phi) is 3.99. The molecular weight excluding hydrogens is 304 g/mol. The molecular formula is C24H20O. The average Bonchev–Trinajstić information content (AvgIpc) is 2.67. The van der Waals surface area contributed by atoms with Crippen LogP contribution in [0.4, 0.5) is 0 Å². The summed E-state index contributed by atoms with van der Waals surface area (Å²) in [5, 5.41) is 4.79. The van der Waals surface area contributed by atoms with Gasteiger partial charge in [0, 0.05) is 10.8 Å². The van der Waals surface area contributed by atoms with Gasteiger partial charge in [0.2, 0.25) is 0 Å². The number of hydrogen-bond donors (Lipinski definition) is 0. The van der Waals surface area contributed by atoms with Gasteiger partial charge in [-0.3, -0.25) is 0 Å². The highest BCUT2D eigenvalue weighted by Gasteiger charge is 2.12. The molecule has 0 spiro atoms. The van der Waals surface area contributed by atoms with Gasteiger partial charge in [-0.1, -0.05) is 79.4 Å². The molecule has 0 aliphatic rings. The summed E-state index contributed by atoms with van der Waals surface area (Å²) in [6.07, 6.45) is 2.75. The third kappa shape index (κ3) is 2.78. The molecule has 0 aliphatic carbocycles. The van der Waals surface area contributed by atoms with Crippen LogP contribution in [0.5, 0.6) is 5.75 Å². The monoisotopic (exact) mass is 324 g/mol. The van der Waals surface area contributed by atoms with Crippen LogP contribution in [0.25, 0.3) is 27.6 Å². The summed E-state index contributed by atoms with van der Waals surface area (Å²) in [5.74, 6) is 0.964. The Morgan fingerprint density at radius 1 is 0.880 bits per heavy atom. The Labute approximate surface area is 148 Å². The molecule has 0 heterocycles. The van der Waals surface area contributed by atoms with Gasteiger partial charge in [0.15, 0.2) is 0 Å². The summed E-state index contributed by atoms with van der Waals surface area (Å²) in [6, 6.07) is 25.7. The maximum atomic E-state index is 5.84. The van der Waals surface area contributed by atoms with Gasteiger partial charge in [0.25, 0.3) is 0 Å². The van der Waals surface area contributed by atoms with Crippen LogP contribution >= 0.6 is 0 Å². The van der Waals surface area contributed by atoms with Crippen molar-refractivity contribution in [2.24, 2.45) is 0 Å². The number of ether oxygens (including phenoxy) is 1. The van der Waals surface area contributed by atoms with Crippen molar-refractivity contribution in [3.05, 3.63) is 96.1 Å². The summed E-state index contributed by atoms with van der Waals surface area (Å²) in [5.41, 5.74) is 3.71. The first-order chi connectivity index (χ1) is 12.3. The minimum atomic E-state index is 0.878. The zero-order chi connectivity index (χ0) is 17.2. The average molecular weight is 324 g/mol. The van der Waals surface area contributed by atoms with Gasteiger partial charge in [0.05, 0.1) is 7.11 Å². The third-order valence-corrected chi connectivity index (χ3v) is 4.74. The minimum Gasteiger partial charge on any atom is -0.495 e. The quantitative estimate of drug-likeness (QED) is 0.404. The number of fused-ring (bicyclic) bond motifs is 2. The predicted molar refractivity (Wildman–Crippen MR) is 107 cm³/mol. The fourth-order valence-corrected chi connectivity index (χ4v) is 3.50. The number of hydrogen-bond acceptors (Lipinski definition) is 1. The van der Waals surface area contributed by atoms with E-state index < -0.39 is 0 Å². The molecule has 0 atom stereocenters. The highest BCUT2D eigenvalue weighted by Crippen LogP contribution is 2.37. The molecule has 122 valence electrons. The number of methoxy groups -OCH3 is 1. The summed E-state index contributed by atoms with van der Waals surface area (Å²) < 4.78 is 5.84. The molecule has 1 nitrogen and oxygen atoms in total. The second-order valence-corrected chi connectivity index (χ2v) is 6.27. The molecule has 1 heteroatoms. The minimum absolute atomic E-state index is 0.878. The first kappa shape index (κ1) is 15.5. The maximum Gasteiger partial charge on any atom is 0.134 e. The summed E-state index contributed by atoms with van der Waals surface area (Å²) >= 11 is 0. The van der Waals surface area contributed by atoms with Gasteiger partial charge < -0.3 is 4.74 Å². The van der Waals surface area contributed by atoms with E-state index >= 15 is 0 Å². The molecule has 0 saturated heterocycles. The van der Waals surface area contributed by atoms with E-state index in [0.717, 1.165) is 23.1 Å². The number of rotatable bonds is 4. The summed E-state index contributed by atoms with van der Waals surface area (Å²) in [6.45, 7) is 3.82. The molecule has 0 bridgehead atoms. The van der Waals surface area contributed by atoms with Crippen LogP contribution in [0.15, 0.2) is 79.4 Å². The van der Waals surface area contributed by atoms with E-state index in [2.05, 4.69) is 79.4 Å². The van der Waals surface area contributed by atoms with E-state index in [1.807, 2.05) is 6.08 Å². The lowest BCUT2D eigenvalue weighted by atomic mass is 9.94. The SMILES string of the molecule is C=Cc1ccc(Cc2cccc3cc4ccccc4c(OC)c23)cc1. The van der Waals surface area contributed by atoms with Crippen LogP contribution in [0.1, 0.15) is 16.7 Å². The molecule has 0 saturated carbocycles. The van der Waals surface area contributed by atoms with Crippen LogP contribution in [0.3, 0.4) is 0 Å². The van der Waals surface area contributed by atoms with Gasteiger partial charge in [0.1, 0.15) is 5.75 Å². The zero-order valence-corrected chi connectivity index (χ0v) is 14.3. The molecule has 0 aromatic heterocycles. The molecule has 0 N–H and O–H groups in total. The molecule has 0 amide bonds. The van der Waals surface area contributed by atoms with E-state index in [0.29, 0.717) is 0 Å². The second-order valence-electron chi connectivity index (χ2n) is 6.27. The molecule has 0 radical (unpaired) electrons. The van der Waals surface area contributed by atoms with Crippen molar-refractivity contribution in [2.75, 3.05) is 7.11 Å². The van der Waals surface area contributed by atoms with Crippen molar-refractivity contribution < 1.29 is 4.74 Å². The van der Waals surface area contributed by atoms with Crippen molar-refractivity contribution in [2.45, 2.75) is 6.42 Å². The predicted octanol–water partition coefficient (Wildman–Crippen LogP) is 6.24. The van der Waals surface area contributed by atoms with Crippen LogP contribution in [-0.4, -0.2) is 7.11 Å². The highest BCUT2D eigenvalue weighted by molar-refractivity contribution is 6.06. The molecule has 25 heavy (non-hydrogen) atoms.